The van der Waals surface area contributed by atoms with Crippen LogP contribution in [0.1, 0.15) is 0 Å². The fraction of sp³-hybridized carbons (Fsp3) is 0.100. The van der Waals surface area contributed by atoms with Gasteiger partial charge in [-0.05, 0) is 36.4 Å². The van der Waals surface area contributed by atoms with E-state index >= 15 is 0 Å². The third kappa shape index (κ3) is 3.54. The Hall–Kier alpha value is -3.03. The van der Waals surface area contributed by atoms with E-state index in [-0.39, 0.29) is 0 Å². The van der Waals surface area contributed by atoms with Gasteiger partial charge in [-0.25, -0.2) is 9.78 Å². The highest BCUT2D eigenvalue weighted by Crippen LogP contribution is 2.33. The SMILES string of the molecule is COc1ccc(Nc2nc(-c3cc4cc(Cl)ccc4oc3=O)cs2)cc1OC. The van der Waals surface area contributed by atoms with Gasteiger partial charge >= 0.3 is 5.63 Å². The first-order valence-corrected chi connectivity index (χ1v) is 9.51. The number of methoxy groups -OCH3 is 2. The molecule has 2 aromatic heterocycles. The van der Waals surface area contributed by atoms with E-state index < -0.39 is 5.63 Å². The van der Waals surface area contributed by atoms with Crippen molar-refractivity contribution in [1.29, 1.82) is 0 Å². The van der Waals surface area contributed by atoms with E-state index in [0.717, 1.165) is 11.1 Å². The summed E-state index contributed by atoms with van der Waals surface area (Å²) in [7, 11) is 3.16. The molecule has 0 bridgehead atoms. The molecular formula is C20H15ClN2O4S. The lowest BCUT2D eigenvalue weighted by Crippen LogP contribution is -2.03. The molecule has 4 aromatic rings. The number of halogens is 1. The molecule has 0 atom stereocenters. The molecular weight excluding hydrogens is 400 g/mol. The highest BCUT2D eigenvalue weighted by atomic mass is 35.5. The quantitative estimate of drug-likeness (QED) is 0.445. The van der Waals surface area contributed by atoms with Crippen molar-refractivity contribution in [1.82, 2.24) is 4.98 Å². The lowest BCUT2D eigenvalue weighted by atomic mass is 10.1. The number of benzene rings is 2. The summed E-state index contributed by atoms with van der Waals surface area (Å²) in [6, 6.07) is 12.3. The number of hydrogen-bond acceptors (Lipinski definition) is 7. The van der Waals surface area contributed by atoms with Crippen molar-refractivity contribution in [2.24, 2.45) is 0 Å². The summed E-state index contributed by atoms with van der Waals surface area (Å²) in [5, 5.41) is 6.94. The van der Waals surface area contributed by atoms with Crippen LogP contribution >= 0.6 is 22.9 Å². The molecule has 0 saturated carbocycles. The van der Waals surface area contributed by atoms with Crippen LogP contribution in [-0.2, 0) is 0 Å². The van der Waals surface area contributed by atoms with Crippen LogP contribution in [0.5, 0.6) is 11.5 Å². The number of thiazole rings is 1. The minimum absolute atomic E-state index is 0.381. The predicted molar refractivity (Wildman–Crippen MR) is 111 cm³/mol. The van der Waals surface area contributed by atoms with Gasteiger partial charge in [-0.1, -0.05) is 11.6 Å². The molecule has 0 fully saturated rings. The third-order valence-electron chi connectivity index (χ3n) is 4.11. The van der Waals surface area contributed by atoms with Crippen LogP contribution in [0.2, 0.25) is 5.02 Å². The first-order chi connectivity index (χ1) is 13.6. The summed E-state index contributed by atoms with van der Waals surface area (Å²) in [6.07, 6.45) is 0. The van der Waals surface area contributed by atoms with Crippen LogP contribution in [0, 0.1) is 0 Å². The van der Waals surface area contributed by atoms with Gasteiger partial charge in [0.25, 0.3) is 0 Å². The maximum Gasteiger partial charge on any atom is 0.345 e. The smallest absolute Gasteiger partial charge is 0.345 e. The van der Waals surface area contributed by atoms with Crippen molar-refractivity contribution >= 4 is 44.7 Å². The molecule has 1 N–H and O–H groups in total. The maximum absolute atomic E-state index is 12.4. The van der Waals surface area contributed by atoms with Crippen LogP contribution in [0.3, 0.4) is 0 Å². The van der Waals surface area contributed by atoms with Crippen molar-refractivity contribution < 1.29 is 13.9 Å². The maximum atomic E-state index is 12.4. The molecule has 2 heterocycles. The normalized spacial score (nSPS) is 10.8. The monoisotopic (exact) mass is 414 g/mol. The van der Waals surface area contributed by atoms with Gasteiger partial charge in [0.1, 0.15) is 5.58 Å². The summed E-state index contributed by atoms with van der Waals surface area (Å²) in [5.74, 6) is 1.25. The average molecular weight is 415 g/mol. The first kappa shape index (κ1) is 18.3. The summed E-state index contributed by atoms with van der Waals surface area (Å²) >= 11 is 7.41. The van der Waals surface area contributed by atoms with Gasteiger partial charge in [-0.3, -0.25) is 0 Å². The van der Waals surface area contributed by atoms with Crippen molar-refractivity contribution in [3.63, 3.8) is 0 Å². The number of hydrogen-bond donors (Lipinski definition) is 1. The number of nitrogens with one attached hydrogen (secondary N) is 1. The first-order valence-electron chi connectivity index (χ1n) is 8.26. The van der Waals surface area contributed by atoms with Gasteiger partial charge in [0, 0.05) is 27.5 Å². The second kappa shape index (κ2) is 7.53. The molecule has 4 rings (SSSR count). The molecule has 0 amide bonds. The number of aromatic nitrogens is 1. The summed E-state index contributed by atoms with van der Waals surface area (Å²) in [4.78, 5) is 16.9. The Morgan fingerprint density at radius 2 is 1.89 bits per heavy atom. The van der Waals surface area contributed by atoms with Crippen LogP contribution in [0.25, 0.3) is 22.2 Å². The summed E-state index contributed by atoms with van der Waals surface area (Å²) in [5.41, 5.74) is 1.74. The molecule has 0 aliphatic rings. The van der Waals surface area contributed by atoms with Crippen molar-refractivity contribution in [2.75, 3.05) is 19.5 Å². The number of nitrogens with zero attached hydrogens (tertiary/aromatic N) is 1. The largest absolute Gasteiger partial charge is 0.493 e. The molecule has 0 aliphatic carbocycles. The van der Waals surface area contributed by atoms with Crippen LogP contribution in [0.4, 0.5) is 10.8 Å². The van der Waals surface area contributed by atoms with E-state index in [1.54, 1.807) is 49.9 Å². The number of rotatable bonds is 5. The minimum Gasteiger partial charge on any atom is -0.493 e. The van der Waals surface area contributed by atoms with E-state index in [4.69, 9.17) is 25.5 Å². The Bertz CT molecular complexity index is 1220. The lowest BCUT2D eigenvalue weighted by molar-refractivity contribution is 0.355. The number of ether oxygens (including phenoxy) is 2. The fourth-order valence-corrected chi connectivity index (χ4v) is 3.68. The van der Waals surface area contributed by atoms with Gasteiger partial charge in [0.2, 0.25) is 0 Å². The number of fused-ring (bicyclic) bond motifs is 1. The summed E-state index contributed by atoms with van der Waals surface area (Å²) in [6.45, 7) is 0. The van der Waals surface area contributed by atoms with Crippen LogP contribution in [-0.4, -0.2) is 19.2 Å². The fourth-order valence-electron chi connectivity index (χ4n) is 2.77. The lowest BCUT2D eigenvalue weighted by Gasteiger charge is -2.09. The number of anilines is 2. The molecule has 0 saturated heterocycles. The van der Waals surface area contributed by atoms with E-state index in [2.05, 4.69) is 10.3 Å². The average Bonchev–Trinajstić information content (AvgIpc) is 3.15. The highest BCUT2D eigenvalue weighted by molar-refractivity contribution is 7.14. The Balaban J connectivity index is 1.65. The third-order valence-corrected chi connectivity index (χ3v) is 5.10. The van der Waals surface area contributed by atoms with Gasteiger partial charge in [0.05, 0.1) is 25.5 Å². The highest BCUT2D eigenvalue weighted by Gasteiger charge is 2.13. The zero-order valence-corrected chi connectivity index (χ0v) is 16.6. The molecule has 2 aromatic carbocycles. The molecule has 28 heavy (non-hydrogen) atoms. The van der Waals surface area contributed by atoms with Crippen molar-refractivity contribution in [3.05, 3.63) is 63.3 Å². The Kier molecular flexibility index (Phi) is 4.93. The van der Waals surface area contributed by atoms with Gasteiger partial charge in [0.15, 0.2) is 16.6 Å². The summed E-state index contributed by atoms with van der Waals surface area (Å²) < 4.78 is 15.9. The Morgan fingerprint density at radius 3 is 2.68 bits per heavy atom. The second-order valence-corrected chi connectivity index (χ2v) is 7.16. The molecule has 0 radical (unpaired) electrons. The molecule has 0 spiro atoms. The molecule has 142 valence electrons. The zero-order valence-electron chi connectivity index (χ0n) is 15.0. The molecule has 8 heteroatoms. The van der Waals surface area contributed by atoms with E-state index in [1.807, 2.05) is 12.1 Å². The van der Waals surface area contributed by atoms with E-state index in [1.165, 1.54) is 11.3 Å². The van der Waals surface area contributed by atoms with E-state index in [0.29, 0.717) is 38.5 Å². The molecule has 0 unspecified atom stereocenters. The van der Waals surface area contributed by atoms with Crippen LogP contribution in [0.15, 0.2) is 57.1 Å². The Morgan fingerprint density at radius 1 is 1.07 bits per heavy atom. The van der Waals surface area contributed by atoms with Gasteiger partial charge in [-0.2, -0.15) is 0 Å². The second-order valence-electron chi connectivity index (χ2n) is 5.86. The van der Waals surface area contributed by atoms with Crippen molar-refractivity contribution in [3.8, 4) is 22.8 Å². The molecule has 0 aliphatic heterocycles. The topological polar surface area (TPSA) is 73.6 Å². The molecule has 6 nitrogen and oxygen atoms in total. The van der Waals surface area contributed by atoms with Gasteiger partial charge in [-0.15, -0.1) is 11.3 Å². The predicted octanol–water partition coefficient (Wildman–Crippen LogP) is 5.33. The standard InChI is InChI=1S/C20H15ClN2O4S/c1-25-17-6-4-13(9-18(17)26-2)22-20-23-15(10-28-20)14-8-11-7-12(21)3-5-16(11)27-19(14)24/h3-10H,1-2H3,(H,22,23). The van der Waals surface area contributed by atoms with Crippen LogP contribution < -0.4 is 20.4 Å². The zero-order chi connectivity index (χ0) is 19.7. The van der Waals surface area contributed by atoms with E-state index in [9.17, 15) is 4.79 Å². The van der Waals surface area contributed by atoms with Crippen molar-refractivity contribution in [2.45, 2.75) is 0 Å². The minimum atomic E-state index is -0.446. The Labute approximate surface area is 169 Å². The van der Waals surface area contributed by atoms with Gasteiger partial charge < -0.3 is 19.2 Å².